The zero-order valence-electron chi connectivity index (χ0n) is 22.7. The van der Waals surface area contributed by atoms with E-state index < -0.39 is 15.9 Å². The second kappa shape index (κ2) is 13.8. The molecular formula is C30H30BN3O5S2. The van der Waals surface area contributed by atoms with Crippen molar-refractivity contribution in [2.45, 2.75) is 18.2 Å². The van der Waals surface area contributed by atoms with Gasteiger partial charge in [0.2, 0.25) is 0 Å². The summed E-state index contributed by atoms with van der Waals surface area (Å²) in [4.78, 5) is 13.1. The topological polar surface area (TPSA) is 106 Å². The SMILES string of the molecule is Bc1ccc(OCCc2ccccc2)c(C(=O)NC(=S)Nc2ccc(S(=O)(=O)Nc3ccc(OCC)cc3)cc2)c1. The minimum absolute atomic E-state index is 0.0647. The van der Waals surface area contributed by atoms with Gasteiger partial charge in [-0.05, 0) is 79.3 Å². The fraction of sp³-hybridized carbons (Fsp3) is 0.133. The van der Waals surface area contributed by atoms with E-state index in [-0.39, 0.29) is 10.0 Å². The van der Waals surface area contributed by atoms with Crippen LogP contribution in [0.3, 0.4) is 0 Å². The molecular weight excluding hydrogens is 557 g/mol. The summed E-state index contributed by atoms with van der Waals surface area (Å²) in [5.41, 5.74) is 3.34. The van der Waals surface area contributed by atoms with Crippen molar-refractivity contribution >= 4 is 57.9 Å². The van der Waals surface area contributed by atoms with E-state index in [2.05, 4.69) is 15.4 Å². The Labute approximate surface area is 246 Å². The minimum atomic E-state index is -3.81. The highest BCUT2D eigenvalue weighted by atomic mass is 32.2. The predicted octanol–water partition coefficient (Wildman–Crippen LogP) is 3.89. The van der Waals surface area contributed by atoms with Gasteiger partial charge in [0.25, 0.3) is 15.9 Å². The maximum absolute atomic E-state index is 13.1. The number of benzene rings is 4. The number of amides is 1. The lowest BCUT2D eigenvalue weighted by Gasteiger charge is -2.14. The summed E-state index contributed by atoms with van der Waals surface area (Å²) in [6.07, 6.45) is 0.706. The highest BCUT2D eigenvalue weighted by Gasteiger charge is 2.16. The molecule has 0 aliphatic rings. The summed E-state index contributed by atoms with van der Waals surface area (Å²) in [5, 5.41) is 5.65. The van der Waals surface area contributed by atoms with Crippen LogP contribution in [0.1, 0.15) is 22.8 Å². The molecule has 3 N–H and O–H groups in total. The van der Waals surface area contributed by atoms with Gasteiger partial charge in [-0.2, -0.15) is 0 Å². The molecule has 8 nitrogen and oxygen atoms in total. The Hall–Kier alpha value is -4.35. The number of rotatable bonds is 11. The molecule has 0 atom stereocenters. The van der Waals surface area contributed by atoms with Gasteiger partial charge in [-0.1, -0.05) is 47.9 Å². The van der Waals surface area contributed by atoms with Crippen LogP contribution in [0.25, 0.3) is 0 Å². The van der Waals surface area contributed by atoms with E-state index in [1.807, 2.05) is 51.2 Å². The van der Waals surface area contributed by atoms with Crippen molar-refractivity contribution in [3.05, 3.63) is 108 Å². The van der Waals surface area contributed by atoms with Crippen molar-refractivity contribution in [2.75, 3.05) is 23.3 Å². The normalized spacial score (nSPS) is 10.9. The first-order valence-electron chi connectivity index (χ1n) is 13.0. The monoisotopic (exact) mass is 587 g/mol. The molecule has 0 heterocycles. The first kappa shape index (κ1) is 29.6. The van der Waals surface area contributed by atoms with Crippen molar-refractivity contribution in [2.24, 2.45) is 0 Å². The van der Waals surface area contributed by atoms with Crippen LogP contribution in [0.5, 0.6) is 11.5 Å². The van der Waals surface area contributed by atoms with Gasteiger partial charge >= 0.3 is 0 Å². The van der Waals surface area contributed by atoms with Crippen LogP contribution in [-0.2, 0) is 16.4 Å². The number of carbonyl (C=O) groups is 1. The maximum Gasteiger partial charge on any atom is 0.261 e. The third-order valence-corrected chi connectivity index (χ3v) is 7.54. The number of hydrogen-bond acceptors (Lipinski definition) is 6. The molecule has 0 aromatic heterocycles. The van der Waals surface area contributed by atoms with Gasteiger partial charge in [-0.3, -0.25) is 14.8 Å². The molecule has 0 aliphatic heterocycles. The molecule has 0 radical (unpaired) electrons. The van der Waals surface area contributed by atoms with Crippen LogP contribution in [0.2, 0.25) is 0 Å². The van der Waals surface area contributed by atoms with E-state index in [1.165, 1.54) is 12.1 Å². The summed E-state index contributed by atoms with van der Waals surface area (Å²) in [5.74, 6) is 0.698. The lowest BCUT2D eigenvalue weighted by molar-refractivity contribution is 0.0974. The number of ether oxygens (including phenoxy) is 2. The van der Waals surface area contributed by atoms with E-state index in [1.54, 1.807) is 48.5 Å². The molecule has 41 heavy (non-hydrogen) atoms. The second-order valence-corrected chi connectivity index (χ2v) is 11.2. The maximum atomic E-state index is 13.1. The Morgan fingerprint density at radius 2 is 1.56 bits per heavy atom. The summed E-state index contributed by atoms with van der Waals surface area (Å²) in [7, 11) is -1.92. The number of sulfonamides is 1. The minimum Gasteiger partial charge on any atom is -0.494 e. The second-order valence-electron chi connectivity index (χ2n) is 9.08. The molecule has 0 spiro atoms. The summed E-state index contributed by atoms with van der Waals surface area (Å²) < 4.78 is 39.5. The molecule has 4 aromatic carbocycles. The summed E-state index contributed by atoms with van der Waals surface area (Å²) >= 11 is 5.34. The van der Waals surface area contributed by atoms with Crippen molar-refractivity contribution in [1.82, 2.24) is 5.32 Å². The van der Waals surface area contributed by atoms with Crippen LogP contribution in [0, 0.1) is 0 Å². The third-order valence-electron chi connectivity index (χ3n) is 5.94. The molecule has 4 aromatic rings. The van der Waals surface area contributed by atoms with Gasteiger partial charge in [0, 0.05) is 17.8 Å². The standard InChI is InChI=1S/C30H30BN3O5S2/c1-2-38-25-13-9-24(10-14-25)34-41(36,37)26-15-11-23(12-16-26)32-30(40)33-29(35)27-20-22(31)8-17-28(27)39-19-18-21-6-4-3-5-7-21/h3-17,20,34H,2,18-19,31H2,1H3,(H2,32,33,35,40). The Kier molecular flexibility index (Phi) is 9.99. The van der Waals surface area contributed by atoms with E-state index in [4.69, 9.17) is 21.7 Å². The van der Waals surface area contributed by atoms with Gasteiger partial charge in [-0.25, -0.2) is 8.42 Å². The summed E-state index contributed by atoms with van der Waals surface area (Å²) in [6, 6.07) is 28.0. The van der Waals surface area contributed by atoms with Crippen LogP contribution >= 0.6 is 12.2 Å². The number of thiocarbonyl (C=S) groups is 1. The quantitative estimate of drug-likeness (QED) is 0.181. The molecule has 1 amide bonds. The van der Waals surface area contributed by atoms with Crippen LogP contribution in [0.15, 0.2) is 102 Å². The molecule has 0 bridgehead atoms. The van der Waals surface area contributed by atoms with Crippen molar-refractivity contribution in [3.8, 4) is 11.5 Å². The largest absolute Gasteiger partial charge is 0.494 e. The highest BCUT2D eigenvalue weighted by Crippen LogP contribution is 2.21. The van der Waals surface area contributed by atoms with Crippen molar-refractivity contribution in [3.63, 3.8) is 0 Å². The van der Waals surface area contributed by atoms with Gasteiger partial charge in [0.1, 0.15) is 19.3 Å². The number of carbonyl (C=O) groups excluding carboxylic acids is 1. The molecule has 11 heteroatoms. The van der Waals surface area contributed by atoms with Gasteiger partial charge in [-0.15, -0.1) is 0 Å². The van der Waals surface area contributed by atoms with Crippen LogP contribution in [0.4, 0.5) is 11.4 Å². The number of hydrogen-bond donors (Lipinski definition) is 3. The number of anilines is 2. The lowest BCUT2D eigenvalue weighted by Crippen LogP contribution is -2.34. The molecule has 0 aliphatic carbocycles. The highest BCUT2D eigenvalue weighted by molar-refractivity contribution is 7.92. The average molecular weight is 588 g/mol. The zero-order chi connectivity index (χ0) is 29.2. The van der Waals surface area contributed by atoms with E-state index in [9.17, 15) is 13.2 Å². The van der Waals surface area contributed by atoms with Gasteiger partial charge in [0.15, 0.2) is 5.11 Å². The Bertz CT molecular complexity index is 1600. The summed E-state index contributed by atoms with van der Waals surface area (Å²) in [6.45, 7) is 2.81. The fourth-order valence-electron chi connectivity index (χ4n) is 3.92. The molecule has 0 saturated carbocycles. The van der Waals surface area contributed by atoms with Crippen molar-refractivity contribution < 1.29 is 22.7 Å². The molecule has 4 rings (SSSR count). The molecule has 210 valence electrons. The Morgan fingerprint density at radius 3 is 2.24 bits per heavy atom. The zero-order valence-corrected chi connectivity index (χ0v) is 24.3. The molecule has 0 unspecified atom stereocenters. The van der Waals surface area contributed by atoms with E-state index in [0.29, 0.717) is 48.1 Å². The Morgan fingerprint density at radius 1 is 0.878 bits per heavy atom. The first-order chi connectivity index (χ1) is 19.7. The molecule has 0 saturated heterocycles. The van der Waals surface area contributed by atoms with E-state index in [0.717, 1.165) is 11.0 Å². The van der Waals surface area contributed by atoms with Gasteiger partial charge in [0.05, 0.1) is 23.7 Å². The fourth-order valence-corrected chi connectivity index (χ4v) is 5.19. The third kappa shape index (κ3) is 8.57. The first-order valence-corrected chi connectivity index (χ1v) is 14.9. The average Bonchev–Trinajstić information content (AvgIpc) is 2.95. The Balaban J connectivity index is 1.34. The van der Waals surface area contributed by atoms with Crippen LogP contribution < -0.4 is 30.3 Å². The lowest BCUT2D eigenvalue weighted by atomic mass is 9.94. The van der Waals surface area contributed by atoms with Crippen LogP contribution in [-0.4, -0.2) is 40.5 Å². The van der Waals surface area contributed by atoms with Crippen molar-refractivity contribution in [1.29, 1.82) is 0 Å². The van der Waals surface area contributed by atoms with E-state index >= 15 is 0 Å². The van der Waals surface area contributed by atoms with Gasteiger partial charge < -0.3 is 14.8 Å². The molecule has 0 fully saturated rings. The predicted molar refractivity (Wildman–Crippen MR) is 169 cm³/mol. The number of nitrogens with one attached hydrogen (secondary N) is 3. The smallest absolute Gasteiger partial charge is 0.261 e.